The Bertz CT molecular complexity index is 659. The number of hydrogen-bond donors (Lipinski definition) is 2. The summed E-state index contributed by atoms with van der Waals surface area (Å²) in [4.78, 5) is 22.5. The summed E-state index contributed by atoms with van der Waals surface area (Å²) in [5, 5.41) is 10.7. The fourth-order valence-corrected chi connectivity index (χ4v) is 4.59. The predicted octanol–water partition coefficient (Wildman–Crippen LogP) is 1.07. The molecule has 1 heterocycles. The van der Waals surface area contributed by atoms with Crippen LogP contribution in [0.15, 0.2) is 16.3 Å². The van der Waals surface area contributed by atoms with Gasteiger partial charge in [-0.3, -0.25) is 4.79 Å². The molecule has 0 atom stereocenters. The SMILES string of the molecule is COC(=O)c1sccc1S(=O)(=O)NCC1(C(=O)O)CCC1. The summed E-state index contributed by atoms with van der Waals surface area (Å²) in [6.45, 7) is -0.179. The van der Waals surface area contributed by atoms with Gasteiger partial charge >= 0.3 is 11.9 Å². The summed E-state index contributed by atoms with van der Waals surface area (Å²) in [7, 11) is -2.78. The Morgan fingerprint density at radius 2 is 2.14 bits per heavy atom. The monoisotopic (exact) mass is 333 g/mol. The van der Waals surface area contributed by atoms with Crippen molar-refractivity contribution < 1.29 is 27.9 Å². The second-order valence-electron chi connectivity index (χ2n) is 4.87. The number of sulfonamides is 1. The molecule has 0 radical (unpaired) electrons. The van der Waals surface area contributed by atoms with Gasteiger partial charge in [0.25, 0.3) is 0 Å². The maximum atomic E-state index is 12.2. The molecule has 0 aliphatic heterocycles. The van der Waals surface area contributed by atoms with Crippen molar-refractivity contribution in [1.29, 1.82) is 0 Å². The first kappa shape index (κ1) is 15.9. The summed E-state index contributed by atoms with van der Waals surface area (Å²) in [6, 6.07) is 1.30. The smallest absolute Gasteiger partial charge is 0.349 e. The summed E-state index contributed by atoms with van der Waals surface area (Å²) in [5.74, 6) is -1.74. The molecule has 0 saturated heterocycles. The first-order valence-electron chi connectivity index (χ1n) is 6.21. The van der Waals surface area contributed by atoms with Gasteiger partial charge in [0.1, 0.15) is 9.77 Å². The minimum atomic E-state index is -3.95. The molecule has 116 valence electrons. The Kier molecular flexibility index (Phi) is 4.35. The van der Waals surface area contributed by atoms with E-state index in [-0.39, 0.29) is 16.3 Å². The van der Waals surface area contributed by atoms with Crippen molar-refractivity contribution in [3.8, 4) is 0 Å². The topological polar surface area (TPSA) is 110 Å². The number of carboxylic acids is 1. The standard InChI is InChI=1S/C12H15NO6S2/c1-19-10(14)9-8(3-6-20-9)21(17,18)13-7-12(11(15)16)4-2-5-12/h3,6,13H,2,4-5,7H2,1H3,(H,15,16). The second-order valence-corrected chi connectivity index (χ2v) is 7.52. The predicted molar refractivity (Wildman–Crippen MR) is 74.8 cm³/mol. The van der Waals surface area contributed by atoms with Crippen LogP contribution in [0.5, 0.6) is 0 Å². The van der Waals surface area contributed by atoms with Crippen molar-refractivity contribution in [3.05, 3.63) is 16.3 Å². The normalized spacial score (nSPS) is 17.0. The van der Waals surface area contributed by atoms with Crippen LogP contribution in [-0.4, -0.2) is 39.1 Å². The van der Waals surface area contributed by atoms with E-state index in [0.29, 0.717) is 12.8 Å². The Morgan fingerprint density at radius 1 is 1.48 bits per heavy atom. The van der Waals surface area contributed by atoms with Gasteiger partial charge in [0.2, 0.25) is 10.0 Å². The van der Waals surface area contributed by atoms with Gasteiger partial charge in [-0.25, -0.2) is 17.9 Å². The number of esters is 1. The Balaban J connectivity index is 2.18. The van der Waals surface area contributed by atoms with Crippen molar-refractivity contribution >= 4 is 33.3 Å². The van der Waals surface area contributed by atoms with Gasteiger partial charge in [0.15, 0.2) is 0 Å². The number of nitrogens with one attached hydrogen (secondary N) is 1. The van der Waals surface area contributed by atoms with Gasteiger partial charge in [0, 0.05) is 6.54 Å². The number of carbonyl (C=O) groups excluding carboxylic acids is 1. The number of hydrogen-bond acceptors (Lipinski definition) is 6. The number of ether oxygens (including phenoxy) is 1. The van der Waals surface area contributed by atoms with Gasteiger partial charge in [-0.15, -0.1) is 11.3 Å². The molecule has 1 aromatic heterocycles. The number of rotatable bonds is 6. The van der Waals surface area contributed by atoms with Crippen molar-refractivity contribution in [2.24, 2.45) is 5.41 Å². The van der Waals surface area contributed by atoms with E-state index in [9.17, 15) is 23.1 Å². The van der Waals surface area contributed by atoms with Crippen LogP contribution in [-0.2, 0) is 19.6 Å². The molecule has 0 unspecified atom stereocenters. The van der Waals surface area contributed by atoms with Gasteiger partial charge in [-0.1, -0.05) is 6.42 Å². The molecule has 7 nitrogen and oxygen atoms in total. The van der Waals surface area contributed by atoms with Crippen LogP contribution >= 0.6 is 11.3 Å². The van der Waals surface area contributed by atoms with Gasteiger partial charge in [-0.2, -0.15) is 0 Å². The average Bonchev–Trinajstić information content (AvgIpc) is 2.85. The van der Waals surface area contributed by atoms with Crippen molar-refractivity contribution in [3.63, 3.8) is 0 Å². The molecule has 1 saturated carbocycles. The number of methoxy groups -OCH3 is 1. The summed E-state index contributed by atoms with van der Waals surface area (Å²) in [6.07, 6.45) is 1.65. The molecule has 2 N–H and O–H groups in total. The highest BCUT2D eigenvalue weighted by Gasteiger charge is 2.45. The number of thiophene rings is 1. The Hall–Kier alpha value is -1.45. The molecule has 1 fully saturated rings. The zero-order valence-corrected chi connectivity index (χ0v) is 12.9. The summed E-state index contributed by atoms with van der Waals surface area (Å²) in [5.41, 5.74) is -1.03. The van der Waals surface area contributed by atoms with E-state index in [4.69, 9.17) is 0 Å². The second kappa shape index (κ2) is 5.74. The van der Waals surface area contributed by atoms with Crippen LogP contribution in [0.1, 0.15) is 28.9 Å². The minimum absolute atomic E-state index is 0.0250. The molecule has 21 heavy (non-hydrogen) atoms. The number of carbonyl (C=O) groups is 2. The van der Waals surface area contributed by atoms with Crippen LogP contribution in [0, 0.1) is 5.41 Å². The maximum absolute atomic E-state index is 12.2. The molecule has 1 aliphatic rings. The number of carboxylic acid groups (broad SMARTS) is 1. The molecular weight excluding hydrogens is 318 g/mol. The van der Waals surface area contributed by atoms with Crippen molar-refractivity contribution in [1.82, 2.24) is 4.72 Å². The lowest BCUT2D eigenvalue weighted by Crippen LogP contribution is -2.47. The van der Waals surface area contributed by atoms with Gasteiger partial charge in [0.05, 0.1) is 12.5 Å². The van der Waals surface area contributed by atoms with Gasteiger partial charge < -0.3 is 9.84 Å². The number of aliphatic carboxylic acids is 1. The largest absolute Gasteiger partial charge is 0.481 e. The molecule has 0 amide bonds. The quantitative estimate of drug-likeness (QED) is 0.754. The van der Waals surface area contributed by atoms with Crippen LogP contribution in [0.4, 0.5) is 0 Å². The zero-order valence-electron chi connectivity index (χ0n) is 11.3. The van der Waals surface area contributed by atoms with Crippen LogP contribution in [0.25, 0.3) is 0 Å². The molecule has 0 bridgehead atoms. The third-order valence-corrected chi connectivity index (χ3v) is 6.12. The summed E-state index contributed by atoms with van der Waals surface area (Å²) < 4.78 is 31.3. The third-order valence-electron chi connectivity index (χ3n) is 3.65. The van der Waals surface area contributed by atoms with E-state index in [1.807, 2.05) is 0 Å². The van der Waals surface area contributed by atoms with E-state index in [1.54, 1.807) is 0 Å². The van der Waals surface area contributed by atoms with E-state index in [0.717, 1.165) is 17.8 Å². The Morgan fingerprint density at radius 3 is 2.62 bits per heavy atom. The highest BCUT2D eigenvalue weighted by Crippen LogP contribution is 2.40. The van der Waals surface area contributed by atoms with E-state index < -0.39 is 27.4 Å². The van der Waals surface area contributed by atoms with Crippen LogP contribution in [0.3, 0.4) is 0 Å². The van der Waals surface area contributed by atoms with Crippen molar-refractivity contribution in [2.45, 2.75) is 24.2 Å². The van der Waals surface area contributed by atoms with Crippen LogP contribution in [0.2, 0.25) is 0 Å². The average molecular weight is 333 g/mol. The fraction of sp³-hybridized carbons (Fsp3) is 0.500. The molecule has 0 aromatic carbocycles. The lowest BCUT2D eigenvalue weighted by molar-refractivity contribution is -0.153. The highest BCUT2D eigenvalue weighted by molar-refractivity contribution is 7.89. The maximum Gasteiger partial charge on any atom is 0.349 e. The first-order valence-corrected chi connectivity index (χ1v) is 8.57. The van der Waals surface area contributed by atoms with Gasteiger partial charge in [-0.05, 0) is 24.3 Å². The lowest BCUT2D eigenvalue weighted by Gasteiger charge is -2.37. The minimum Gasteiger partial charge on any atom is -0.481 e. The fourth-order valence-electron chi connectivity index (χ4n) is 2.13. The molecular formula is C12H15NO6S2. The zero-order chi connectivity index (χ0) is 15.7. The molecule has 0 spiro atoms. The molecule has 2 rings (SSSR count). The Labute approximate surface area is 126 Å². The van der Waals surface area contributed by atoms with Crippen LogP contribution < -0.4 is 4.72 Å². The van der Waals surface area contributed by atoms with E-state index in [2.05, 4.69) is 9.46 Å². The first-order chi connectivity index (χ1) is 9.82. The molecule has 1 aliphatic carbocycles. The lowest BCUT2D eigenvalue weighted by atomic mass is 9.69. The van der Waals surface area contributed by atoms with Crippen molar-refractivity contribution in [2.75, 3.05) is 13.7 Å². The van der Waals surface area contributed by atoms with E-state index in [1.165, 1.54) is 18.6 Å². The summed E-state index contributed by atoms with van der Waals surface area (Å²) >= 11 is 0.958. The molecule has 9 heteroatoms. The van der Waals surface area contributed by atoms with E-state index >= 15 is 0 Å². The highest BCUT2D eigenvalue weighted by atomic mass is 32.2. The third kappa shape index (κ3) is 2.94. The molecule has 1 aromatic rings.